The molecule has 2 aromatic carbocycles. The van der Waals surface area contributed by atoms with E-state index in [1.165, 1.54) is 50.6 Å². The molecule has 0 spiro atoms. The predicted molar refractivity (Wildman–Crippen MR) is 169 cm³/mol. The Morgan fingerprint density at radius 3 is 2.29 bits per heavy atom. The summed E-state index contributed by atoms with van der Waals surface area (Å²) in [5, 5.41) is 0. The Kier molecular flexibility index (Phi) is 8.13. The van der Waals surface area contributed by atoms with Crippen molar-refractivity contribution in [1.82, 2.24) is 0 Å². The van der Waals surface area contributed by atoms with Crippen molar-refractivity contribution >= 4 is 29.7 Å². The molecule has 41 heavy (non-hydrogen) atoms. The number of rotatable bonds is 9. The van der Waals surface area contributed by atoms with Crippen molar-refractivity contribution in [3.05, 3.63) is 106 Å². The summed E-state index contributed by atoms with van der Waals surface area (Å²) in [6.07, 6.45) is 15.5. The second-order valence-electron chi connectivity index (χ2n) is 12.5. The minimum Gasteiger partial charge on any atom is -0.344 e. The lowest BCUT2D eigenvalue weighted by atomic mass is 9.80. The number of anilines is 1. The lowest BCUT2D eigenvalue weighted by Gasteiger charge is -2.27. The Morgan fingerprint density at radius 1 is 0.829 bits per heavy atom. The number of nitrogens with zero attached hydrogens (tertiary/aromatic N) is 2. The first kappa shape index (κ1) is 28.7. The summed E-state index contributed by atoms with van der Waals surface area (Å²) in [6, 6.07) is 17.1. The van der Waals surface area contributed by atoms with E-state index >= 15 is 0 Å². The molecule has 2 aromatic rings. The zero-order valence-corrected chi connectivity index (χ0v) is 25.2. The van der Waals surface area contributed by atoms with E-state index in [2.05, 4.69) is 117 Å². The molecular weight excluding hydrogens is 504 g/mol. The standard InChI is InChI=1S/C37H43N2O2/c1-27-28(19-21-34-36(2,3)30-15-6-8-17-32(30)38(34)23-11-25-40)13-10-14-29(27)20-22-35-37(4,5)31-16-7-9-18-33(31)39(35)24-12-26-41/h6-9,15-22,25-26H,10-14,23-24H2,1-5H3/q+1. The molecule has 0 bridgehead atoms. The van der Waals surface area contributed by atoms with Gasteiger partial charge in [-0.3, -0.25) is 0 Å². The average Bonchev–Trinajstić information content (AvgIpc) is 3.32. The first-order valence-corrected chi connectivity index (χ1v) is 15.0. The Labute approximate surface area is 245 Å². The van der Waals surface area contributed by atoms with Crippen LogP contribution in [0.2, 0.25) is 0 Å². The molecule has 0 unspecified atom stereocenters. The molecule has 0 N–H and O–H groups in total. The van der Waals surface area contributed by atoms with E-state index in [4.69, 9.17) is 0 Å². The van der Waals surface area contributed by atoms with Crippen molar-refractivity contribution in [2.75, 3.05) is 18.0 Å². The Hall–Kier alpha value is -3.79. The SMILES string of the molecule is CC1=C(/C=C/C2=[N+](CCC=O)c3ccccc3C2(C)C)CCC/C1=C\C=C1\N(CCC=O)c2ccccc2C1(C)C. The lowest BCUT2D eigenvalue weighted by Crippen LogP contribution is -2.28. The van der Waals surface area contributed by atoms with Gasteiger partial charge < -0.3 is 14.5 Å². The van der Waals surface area contributed by atoms with Crippen LogP contribution in [0.5, 0.6) is 0 Å². The van der Waals surface area contributed by atoms with Gasteiger partial charge in [0.25, 0.3) is 0 Å². The zero-order chi connectivity index (χ0) is 29.2. The van der Waals surface area contributed by atoms with Crippen molar-refractivity contribution < 1.29 is 14.2 Å². The molecule has 4 nitrogen and oxygen atoms in total. The van der Waals surface area contributed by atoms with E-state index < -0.39 is 0 Å². The van der Waals surface area contributed by atoms with E-state index in [1.807, 2.05) is 0 Å². The van der Waals surface area contributed by atoms with Crippen molar-refractivity contribution in [2.24, 2.45) is 0 Å². The number of hydrogen-bond donors (Lipinski definition) is 0. The molecule has 0 amide bonds. The van der Waals surface area contributed by atoms with Gasteiger partial charge in [-0.15, -0.1) is 0 Å². The number of fused-ring (bicyclic) bond motifs is 2. The quantitative estimate of drug-likeness (QED) is 0.237. The summed E-state index contributed by atoms with van der Waals surface area (Å²) in [5.41, 5.74) is 11.4. The topological polar surface area (TPSA) is 40.4 Å². The maximum Gasteiger partial charge on any atom is 0.209 e. The van der Waals surface area contributed by atoms with Crippen LogP contribution < -0.4 is 4.90 Å². The van der Waals surface area contributed by atoms with Gasteiger partial charge in [-0.05, 0) is 74.5 Å². The number of para-hydroxylation sites is 2. The Bertz CT molecular complexity index is 1510. The first-order chi connectivity index (χ1) is 19.7. The van der Waals surface area contributed by atoms with Gasteiger partial charge in [-0.1, -0.05) is 62.4 Å². The average molecular weight is 548 g/mol. The number of allylic oxidation sites excluding steroid dienone is 8. The third-order valence-corrected chi connectivity index (χ3v) is 9.28. The largest absolute Gasteiger partial charge is 0.344 e. The summed E-state index contributed by atoms with van der Waals surface area (Å²) in [7, 11) is 0. The van der Waals surface area contributed by atoms with Crippen LogP contribution in [0.25, 0.3) is 0 Å². The molecule has 0 saturated carbocycles. The molecule has 1 aliphatic carbocycles. The fraction of sp³-hybridized carbons (Fsp3) is 0.378. The zero-order valence-electron chi connectivity index (χ0n) is 25.2. The van der Waals surface area contributed by atoms with Gasteiger partial charge in [-0.25, -0.2) is 0 Å². The molecule has 0 saturated heterocycles. The monoisotopic (exact) mass is 547 g/mol. The highest BCUT2D eigenvalue weighted by molar-refractivity contribution is 6.03. The summed E-state index contributed by atoms with van der Waals surface area (Å²) in [4.78, 5) is 24.9. The number of aldehydes is 2. The van der Waals surface area contributed by atoms with Crippen molar-refractivity contribution in [2.45, 2.75) is 77.6 Å². The third-order valence-electron chi connectivity index (χ3n) is 9.28. The molecule has 0 atom stereocenters. The fourth-order valence-corrected chi connectivity index (χ4v) is 6.95. The van der Waals surface area contributed by atoms with E-state index in [0.29, 0.717) is 25.9 Å². The molecule has 0 fully saturated rings. The highest BCUT2D eigenvalue weighted by atomic mass is 16.1. The molecule has 2 heterocycles. The van der Waals surface area contributed by atoms with Crippen molar-refractivity contribution in [3.8, 4) is 0 Å². The van der Waals surface area contributed by atoms with E-state index in [0.717, 1.165) is 31.8 Å². The van der Waals surface area contributed by atoms with Gasteiger partial charge in [0, 0.05) is 47.5 Å². The van der Waals surface area contributed by atoms with Crippen LogP contribution in [-0.2, 0) is 20.4 Å². The van der Waals surface area contributed by atoms with Crippen LogP contribution in [0.3, 0.4) is 0 Å². The van der Waals surface area contributed by atoms with Gasteiger partial charge in [0.15, 0.2) is 12.3 Å². The first-order valence-electron chi connectivity index (χ1n) is 15.0. The molecule has 4 heteroatoms. The molecule has 212 valence electrons. The van der Waals surface area contributed by atoms with Crippen LogP contribution in [0, 0.1) is 0 Å². The van der Waals surface area contributed by atoms with Crippen LogP contribution in [0.4, 0.5) is 11.4 Å². The maximum absolute atomic E-state index is 11.3. The Morgan fingerprint density at radius 2 is 1.54 bits per heavy atom. The van der Waals surface area contributed by atoms with E-state index in [9.17, 15) is 9.59 Å². The van der Waals surface area contributed by atoms with Gasteiger partial charge in [0.05, 0.1) is 11.8 Å². The van der Waals surface area contributed by atoms with Crippen LogP contribution in [0.1, 0.15) is 77.8 Å². The number of benzene rings is 2. The van der Waals surface area contributed by atoms with Gasteiger partial charge in [0.2, 0.25) is 5.69 Å². The molecule has 0 radical (unpaired) electrons. The summed E-state index contributed by atoms with van der Waals surface area (Å²) < 4.78 is 2.33. The maximum atomic E-state index is 11.3. The van der Waals surface area contributed by atoms with Crippen LogP contribution in [-0.4, -0.2) is 35.9 Å². The second-order valence-corrected chi connectivity index (χ2v) is 12.5. The highest BCUT2D eigenvalue weighted by Gasteiger charge is 2.44. The summed E-state index contributed by atoms with van der Waals surface area (Å²) in [6.45, 7) is 12.8. The van der Waals surface area contributed by atoms with Crippen LogP contribution in [0.15, 0.2) is 95.3 Å². The lowest BCUT2D eigenvalue weighted by molar-refractivity contribution is -0.436. The van der Waals surface area contributed by atoms with E-state index in [1.54, 1.807) is 0 Å². The van der Waals surface area contributed by atoms with Gasteiger partial charge in [0.1, 0.15) is 12.6 Å². The fourth-order valence-electron chi connectivity index (χ4n) is 6.95. The Balaban J connectivity index is 1.49. The van der Waals surface area contributed by atoms with Gasteiger partial charge >= 0.3 is 0 Å². The minimum atomic E-state index is -0.129. The minimum absolute atomic E-state index is 0.129. The second kappa shape index (κ2) is 11.6. The molecule has 2 aliphatic heterocycles. The molecular formula is C37H43N2O2+. The number of carbonyl (C=O) groups is 2. The van der Waals surface area contributed by atoms with Crippen LogP contribution >= 0.6 is 0 Å². The normalized spacial score (nSPS) is 21.2. The smallest absolute Gasteiger partial charge is 0.209 e. The number of hydrogen-bond acceptors (Lipinski definition) is 3. The van der Waals surface area contributed by atoms with E-state index in [-0.39, 0.29) is 10.8 Å². The third kappa shape index (κ3) is 5.21. The summed E-state index contributed by atoms with van der Waals surface area (Å²) in [5.74, 6) is 0. The van der Waals surface area contributed by atoms with Crippen molar-refractivity contribution in [3.63, 3.8) is 0 Å². The molecule has 3 aliphatic rings. The van der Waals surface area contributed by atoms with Crippen molar-refractivity contribution in [1.29, 1.82) is 0 Å². The molecule has 0 aromatic heterocycles. The highest BCUT2D eigenvalue weighted by Crippen LogP contribution is 2.48. The number of carbonyl (C=O) groups excluding carboxylic acids is 2. The molecule has 5 rings (SSSR count). The summed E-state index contributed by atoms with van der Waals surface area (Å²) >= 11 is 0. The predicted octanol–water partition coefficient (Wildman–Crippen LogP) is 7.91. The van der Waals surface area contributed by atoms with Gasteiger partial charge in [-0.2, -0.15) is 4.58 Å².